The zero-order valence-corrected chi connectivity index (χ0v) is 31.1. The Morgan fingerprint density at radius 3 is 2.00 bits per heavy atom. The number of nitrogens with zero attached hydrogens (tertiary/aromatic N) is 4. The lowest BCUT2D eigenvalue weighted by Crippen LogP contribution is -2.20. The van der Waals surface area contributed by atoms with Crippen LogP contribution in [0.25, 0.3) is 78.5 Å². The van der Waals surface area contributed by atoms with Gasteiger partial charge in [-0.25, -0.2) is 9.97 Å². The highest BCUT2D eigenvalue weighted by Crippen LogP contribution is 2.39. The molecule has 0 bridgehead atoms. The van der Waals surface area contributed by atoms with Crippen molar-refractivity contribution in [3.63, 3.8) is 0 Å². The first kappa shape index (κ1) is 32.9. The second-order valence-electron chi connectivity index (χ2n) is 14.6. The number of fused-ring (bicyclic) bond motifs is 7. The van der Waals surface area contributed by atoms with Crippen LogP contribution in [0.5, 0.6) is 0 Å². The molecule has 5 nitrogen and oxygen atoms in total. The van der Waals surface area contributed by atoms with E-state index in [1.54, 1.807) is 0 Å². The molecule has 0 spiro atoms. The third kappa shape index (κ3) is 5.80. The maximum atomic E-state index is 6.28. The highest BCUT2D eigenvalue weighted by molar-refractivity contribution is 6.05. The van der Waals surface area contributed by atoms with Gasteiger partial charge >= 0.3 is 0 Å². The number of hydrogen-bond donors (Lipinski definition) is 0. The number of furan rings is 1. The van der Waals surface area contributed by atoms with Gasteiger partial charge < -0.3 is 13.9 Å². The van der Waals surface area contributed by atoms with E-state index in [2.05, 4.69) is 167 Å². The molecule has 0 saturated heterocycles. The van der Waals surface area contributed by atoms with E-state index in [4.69, 9.17) is 14.4 Å². The Bertz CT molecular complexity index is 3120. The summed E-state index contributed by atoms with van der Waals surface area (Å²) < 4.78 is 8.71. The Morgan fingerprint density at radius 2 is 1.16 bits per heavy atom. The van der Waals surface area contributed by atoms with E-state index in [0.29, 0.717) is 12.4 Å². The third-order valence-electron chi connectivity index (χ3n) is 11.2. The molecular weight excluding hydrogens is 697 g/mol. The third-order valence-corrected chi connectivity index (χ3v) is 11.2. The minimum absolute atomic E-state index is 0.668. The van der Waals surface area contributed by atoms with Gasteiger partial charge in [0.15, 0.2) is 5.82 Å². The largest absolute Gasteiger partial charge is 0.456 e. The lowest BCUT2D eigenvalue weighted by Gasteiger charge is -2.28. The summed E-state index contributed by atoms with van der Waals surface area (Å²) >= 11 is 0. The van der Waals surface area contributed by atoms with Crippen LogP contribution in [0.3, 0.4) is 0 Å². The summed E-state index contributed by atoms with van der Waals surface area (Å²) in [6.07, 6.45) is 5.48. The maximum Gasteiger partial charge on any atom is 0.160 e. The first-order valence-electron chi connectivity index (χ1n) is 19.4. The van der Waals surface area contributed by atoms with Crippen molar-refractivity contribution in [1.29, 1.82) is 0 Å². The summed E-state index contributed by atoms with van der Waals surface area (Å²) in [5.74, 6) is 0.668. The average Bonchev–Trinajstić information content (AvgIpc) is 3.82. The Morgan fingerprint density at radius 1 is 0.491 bits per heavy atom. The van der Waals surface area contributed by atoms with Crippen LogP contribution in [-0.4, -0.2) is 14.5 Å². The van der Waals surface area contributed by atoms with Gasteiger partial charge in [-0.15, -0.1) is 0 Å². The Labute approximate surface area is 330 Å². The Hall–Kier alpha value is -7.50. The summed E-state index contributed by atoms with van der Waals surface area (Å²) in [7, 11) is 0. The van der Waals surface area contributed by atoms with Crippen LogP contribution in [0.15, 0.2) is 192 Å². The molecular formula is C52H36N4O. The van der Waals surface area contributed by atoms with Crippen LogP contribution in [0.4, 0.5) is 11.4 Å². The fourth-order valence-corrected chi connectivity index (χ4v) is 8.40. The molecule has 11 rings (SSSR count). The fourth-order valence-electron chi connectivity index (χ4n) is 8.40. The van der Waals surface area contributed by atoms with E-state index in [-0.39, 0.29) is 0 Å². The Kier molecular flexibility index (Phi) is 7.88. The average molecular weight is 733 g/mol. The van der Waals surface area contributed by atoms with Gasteiger partial charge in [-0.2, -0.15) is 0 Å². The molecule has 0 saturated carbocycles. The normalized spacial score (nSPS) is 13.2. The number of para-hydroxylation sites is 4. The molecule has 1 aliphatic rings. The first-order chi connectivity index (χ1) is 28.2. The smallest absolute Gasteiger partial charge is 0.160 e. The molecule has 57 heavy (non-hydrogen) atoms. The predicted octanol–water partition coefficient (Wildman–Crippen LogP) is 13.2. The molecule has 0 unspecified atom stereocenters. The molecule has 7 aromatic carbocycles. The molecule has 10 aromatic rings. The van der Waals surface area contributed by atoms with E-state index in [1.807, 2.05) is 36.4 Å². The van der Waals surface area contributed by atoms with Crippen molar-refractivity contribution < 1.29 is 4.42 Å². The van der Waals surface area contributed by atoms with Crippen molar-refractivity contribution in [2.24, 2.45) is 0 Å². The van der Waals surface area contributed by atoms with E-state index in [0.717, 1.165) is 67.8 Å². The Balaban J connectivity index is 1.04. The SMILES string of the molecule is C1=C\c2c(n(-c3ccc(-c4nc(-c5ccccc5)cc(-c5ccc6c(c5)oc5ccccc56)n4)cc3)c3ccccc23)CN(c2ccccc2)c2ccccc2C/1. The van der Waals surface area contributed by atoms with Gasteiger partial charge in [-0.05, 0) is 84.8 Å². The van der Waals surface area contributed by atoms with Gasteiger partial charge in [0.25, 0.3) is 0 Å². The number of allylic oxidation sites excluding steroid dienone is 1. The minimum Gasteiger partial charge on any atom is -0.456 e. The zero-order valence-electron chi connectivity index (χ0n) is 31.1. The van der Waals surface area contributed by atoms with Crippen LogP contribution in [0.1, 0.15) is 16.8 Å². The molecule has 0 N–H and O–H groups in total. The lowest BCUT2D eigenvalue weighted by atomic mass is 10.0. The molecule has 5 heteroatoms. The van der Waals surface area contributed by atoms with Crippen molar-refractivity contribution >= 4 is 50.3 Å². The second-order valence-corrected chi connectivity index (χ2v) is 14.6. The number of anilines is 2. The van der Waals surface area contributed by atoms with E-state index in [9.17, 15) is 0 Å². The van der Waals surface area contributed by atoms with Gasteiger partial charge in [-0.1, -0.05) is 121 Å². The van der Waals surface area contributed by atoms with Crippen LogP contribution in [0.2, 0.25) is 0 Å². The van der Waals surface area contributed by atoms with Crippen molar-refractivity contribution in [1.82, 2.24) is 14.5 Å². The van der Waals surface area contributed by atoms with Crippen LogP contribution in [0, 0.1) is 0 Å². The summed E-state index contributed by atoms with van der Waals surface area (Å²) in [5.41, 5.74) is 14.8. The van der Waals surface area contributed by atoms with Gasteiger partial charge in [0.05, 0.1) is 29.1 Å². The number of hydrogen-bond acceptors (Lipinski definition) is 4. The fraction of sp³-hybridized carbons (Fsp3) is 0.0385. The highest BCUT2D eigenvalue weighted by atomic mass is 16.3. The van der Waals surface area contributed by atoms with Crippen molar-refractivity contribution in [2.75, 3.05) is 4.90 Å². The number of rotatable bonds is 5. The summed E-state index contributed by atoms with van der Waals surface area (Å²) in [4.78, 5) is 12.8. The number of benzene rings is 7. The molecule has 0 radical (unpaired) electrons. The summed E-state index contributed by atoms with van der Waals surface area (Å²) in [6.45, 7) is 0.693. The van der Waals surface area contributed by atoms with Crippen molar-refractivity contribution in [3.05, 3.63) is 205 Å². The summed E-state index contributed by atoms with van der Waals surface area (Å²) in [5, 5.41) is 3.44. The second kappa shape index (κ2) is 13.7. The minimum atomic E-state index is 0.668. The van der Waals surface area contributed by atoms with Crippen LogP contribution < -0.4 is 4.90 Å². The standard InChI is InChI=1S/C52H36N4O/c1-3-14-35(15-4-1)45-33-46(38-28-31-44-43-21-9-12-25-50(43)57-51(44)32-38)54-52(53-45)37-26-29-40(30-27-37)56-48-24-11-8-20-41(48)42-22-13-17-36-16-7-10-23-47(36)55(34-49(42)56)39-18-5-2-6-19-39/h1-16,18-33H,17,34H2/b22-13-. The van der Waals surface area contributed by atoms with E-state index >= 15 is 0 Å². The molecule has 4 heterocycles. The molecule has 270 valence electrons. The van der Waals surface area contributed by atoms with Crippen LogP contribution >= 0.6 is 0 Å². The highest BCUT2D eigenvalue weighted by Gasteiger charge is 2.23. The lowest BCUT2D eigenvalue weighted by molar-refractivity contribution is 0.669. The molecule has 0 amide bonds. The molecule has 0 atom stereocenters. The van der Waals surface area contributed by atoms with Crippen LogP contribution in [-0.2, 0) is 13.0 Å². The zero-order chi connectivity index (χ0) is 37.7. The first-order valence-corrected chi connectivity index (χ1v) is 19.4. The maximum absolute atomic E-state index is 6.28. The van der Waals surface area contributed by atoms with E-state index in [1.165, 1.54) is 33.4 Å². The molecule has 0 aliphatic carbocycles. The van der Waals surface area contributed by atoms with Gasteiger partial charge in [0.1, 0.15) is 11.2 Å². The van der Waals surface area contributed by atoms with Gasteiger partial charge in [0, 0.05) is 55.5 Å². The van der Waals surface area contributed by atoms with Crippen molar-refractivity contribution in [3.8, 4) is 39.6 Å². The molecule has 0 fully saturated rings. The monoisotopic (exact) mass is 732 g/mol. The summed E-state index contributed by atoms with van der Waals surface area (Å²) in [6, 6.07) is 63.9. The predicted molar refractivity (Wildman–Crippen MR) is 234 cm³/mol. The van der Waals surface area contributed by atoms with Gasteiger partial charge in [-0.3, -0.25) is 0 Å². The van der Waals surface area contributed by atoms with Gasteiger partial charge in [0.2, 0.25) is 0 Å². The van der Waals surface area contributed by atoms with E-state index < -0.39 is 0 Å². The topological polar surface area (TPSA) is 47.1 Å². The van der Waals surface area contributed by atoms with Crippen molar-refractivity contribution in [2.45, 2.75) is 13.0 Å². The molecule has 1 aliphatic heterocycles. The molecule has 3 aromatic heterocycles. The number of aromatic nitrogens is 3. The quantitative estimate of drug-likeness (QED) is 0.177.